The van der Waals surface area contributed by atoms with E-state index in [9.17, 15) is 4.79 Å². The lowest BCUT2D eigenvalue weighted by Gasteiger charge is -2.14. The van der Waals surface area contributed by atoms with Crippen LogP contribution < -0.4 is 11.1 Å². The highest BCUT2D eigenvalue weighted by atomic mass is 16.1. The van der Waals surface area contributed by atoms with Crippen LogP contribution in [0, 0.1) is 5.92 Å². The highest BCUT2D eigenvalue weighted by Gasteiger charge is 2.16. The number of nitrogens with one attached hydrogen (secondary N) is 1. The van der Waals surface area contributed by atoms with E-state index in [1.807, 2.05) is 31.2 Å². The van der Waals surface area contributed by atoms with Crippen molar-refractivity contribution < 1.29 is 4.79 Å². The van der Waals surface area contributed by atoms with E-state index in [0.29, 0.717) is 12.4 Å². The van der Waals surface area contributed by atoms with Gasteiger partial charge in [-0.1, -0.05) is 25.5 Å². The van der Waals surface area contributed by atoms with Crippen molar-refractivity contribution in [2.45, 2.75) is 19.8 Å². The van der Waals surface area contributed by atoms with Gasteiger partial charge in [-0.05, 0) is 29.0 Å². The van der Waals surface area contributed by atoms with Gasteiger partial charge in [0.15, 0.2) is 5.82 Å². The van der Waals surface area contributed by atoms with E-state index < -0.39 is 0 Å². The predicted molar refractivity (Wildman–Crippen MR) is 80.3 cm³/mol. The van der Waals surface area contributed by atoms with Crippen molar-refractivity contribution >= 4 is 11.6 Å². The minimum absolute atomic E-state index is 0.0485. The Morgan fingerprint density at radius 2 is 2.29 bits per heavy atom. The Morgan fingerprint density at radius 3 is 2.90 bits per heavy atom. The molecular formula is C14H20N6O. The van der Waals surface area contributed by atoms with Crippen LogP contribution in [-0.2, 0) is 11.8 Å². The standard InChI is InChI=1S/C14H20N6O/c1-3-5-11(9-15)14(21)16-12-7-4-6-10(8-12)13-17-18-19-20(13)2/h4,6-8,11H,3,5,9,15H2,1-2H3,(H,16,21). The first-order chi connectivity index (χ1) is 10.2. The lowest BCUT2D eigenvalue weighted by atomic mass is 10.0. The van der Waals surface area contributed by atoms with Crippen molar-refractivity contribution in [3.8, 4) is 11.4 Å². The molecule has 0 saturated carbocycles. The van der Waals surface area contributed by atoms with Gasteiger partial charge in [-0.25, -0.2) is 4.68 Å². The zero-order valence-electron chi connectivity index (χ0n) is 12.3. The Kier molecular flexibility index (Phi) is 4.99. The molecule has 0 radical (unpaired) electrons. The number of carbonyl (C=O) groups is 1. The normalized spacial score (nSPS) is 12.1. The second-order valence-corrected chi connectivity index (χ2v) is 4.92. The van der Waals surface area contributed by atoms with Gasteiger partial charge in [0.05, 0.1) is 5.92 Å². The smallest absolute Gasteiger partial charge is 0.228 e. The molecule has 3 N–H and O–H groups in total. The molecule has 21 heavy (non-hydrogen) atoms. The maximum absolute atomic E-state index is 12.2. The Labute approximate surface area is 123 Å². The summed E-state index contributed by atoms with van der Waals surface area (Å²) in [4.78, 5) is 12.2. The molecule has 1 aromatic heterocycles. The fourth-order valence-electron chi connectivity index (χ4n) is 2.16. The number of benzene rings is 1. The van der Waals surface area contributed by atoms with E-state index in [4.69, 9.17) is 5.73 Å². The largest absolute Gasteiger partial charge is 0.330 e. The topological polar surface area (TPSA) is 98.7 Å². The summed E-state index contributed by atoms with van der Waals surface area (Å²) in [5.41, 5.74) is 7.21. The van der Waals surface area contributed by atoms with E-state index in [-0.39, 0.29) is 11.8 Å². The van der Waals surface area contributed by atoms with Gasteiger partial charge >= 0.3 is 0 Å². The van der Waals surface area contributed by atoms with E-state index >= 15 is 0 Å². The number of tetrazole rings is 1. The molecule has 0 aliphatic heterocycles. The fourth-order valence-corrected chi connectivity index (χ4v) is 2.16. The number of rotatable bonds is 6. The molecule has 112 valence electrons. The molecule has 0 fully saturated rings. The van der Waals surface area contributed by atoms with E-state index in [0.717, 1.165) is 24.1 Å². The predicted octanol–water partition coefficient (Wildman–Crippen LogP) is 1.19. The monoisotopic (exact) mass is 288 g/mol. The zero-order valence-corrected chi connectivity index (χ0v) is 12.3. The van der Waals surface area contributed by atoms with E-state index in [1.165, 1.54) is 0 Å². The number of hydrogen-bond donors (Lipinski definition) is 2. The number of aryl methyl sites for hydroxylation is 1. The first-order valence-electron chi connectivity index (χ1n) is 6.99. The lowest BCUT2D eigenvalue weighted by Crippen LogP contribution is -2.29. The molecule has 1 amide bonds. The number of hydrogen-bond acceptors (Lipinski definition) is 5. The molecule has 1 aromatic carbocycles. The van der Waals surface area contributed by atoms with Crippen LogP contribution in [0.25, 0.3) is 11.4 Å². The third-order valence-electron chi connectivity index (χ3n) is 3.30. The molecule has 1 atom stereocenters. The summed E-state index contributed by atoms with van der Waals surface area (Å²) in [7, 11) is 1.77. The van der Waals surface area contributed by atoms with Gasteiger partial charge in [0.1, 0.15) is 0 Å². The van der Waals surface area contributed by atoms with Crippen LogP contribution >= 0.6 is 0 Å². The number of nitrogens with two attached hydrogens (primary N) is 1. The van der Waals surface area contributed by atoms with Crippen molar-refractivity contribution in [3.05, 3.63) is 24.3 Å². The average Bonchev–Trinajstić information content (AvgIpc) is 2.91. The Balaban J connectivity index is 2.15. The highest BCUT2D eigenvalue weighted by molar-refractivity contribution is 5.93. The first-order valence-corrected chi connectivity index (χ1v) is 6.99. The summed E-state index contributed by atoms with van der Waals surface area (Å²) >= 11 is 0. The summed E-state index contributed by atoms with van der Waals surface area (Å²) < 4.78 is 1.58. The second-order valence-electron chi connectivity index (χ2n) is 4.92. The molecule has 1 unspecified atom stereocenters. The number of anilines is 1. The van der Waals surface area contributed by atoms with Crippen molar-refractivity contribution in [1.82, 2.24) is 20.2 Å². The van der Waals surface area contributed by atoms with Crippen LogP contribution in [0.5, 0.6) is 0 Å². The minimum Gasteiger partial charge on any atom is -0.330 e. The van der Waals surface area contributed by atoms with Gasteiger partial charge in [0.2, 0.25) is 5.91 Å². The van der Waals surface area contributed by atoms with Crippen LogP contribution in [0.15, 0.2) is 24.3 Å². The maximum atomic E-state index is 12.2. The van der Waals surface area contributed by atoms with Crippen molar-refractivity contribution in [2.75, 3.05) is 11.9 Å². The molecule has 7 nitrogen and oxygen atoms in total. The molecule has 0 spiro atoms. The quantitative estimate of drug-likeness (QED) is 0.832. The summed E-state index contributed by atoms with van der Waals surface area (Å²) in [5, 5.41) is 14.3. The number of aromatic nitrogens is 4. The van der Waals surface area contributed by atoms with Gasteiger partial charge in [0.25, 0.3) is 0 Å². The number of amides is 1. The SMILES string of the molecule is CCCC(CN)C(=O)Nc1cccc(-c2nnnn2C)c1. The average molecular weight is 288 g/mol. The summed E-state index contributed by atoms with van der Waals surface area (Å²) in [5.74, 6) is 0.442. The molecule has 2 aromatic rings. The molecular weight excluding hydrogens is 268 g/mol. The van der Waals surface area contributed by atoms with Crippen molar-refractivity contribution in [3.63, 3.8) is 0 Å². The van der Waals surface area contributed by atoms with Crippen molar-refractivity contribution in [2.24, 2.45) is 18.7 Å². The molecule has 7 heteroatoms. The minimum atomic E-state index is -0.157. The van der Waals surface area contributed by atoms with Crippen molar-refractivity contribution in [1.29, 1.82) is 0 Å². The summed E-state index contributed by atoms with van der Waals surface area (Å²) in [6.07, 6.45) is 1.72. The first kappa shape index (κ1) is 15.1. The molecule has 0 aliphatic rings. The van der Waals surface area contributed by atoms with Gasteiger partial charge in [-0.2, -0.15) is 0 Å². The number of carbonyl (C=O) groups excluding carboxylic acids is 1. The highest BCUT2D eigenvalue weighted by Crippen LogP contribution is 2.20. The second kappa shape index (κ2) is 6.94. The van der Waals surface area contributed by atoms with Crippen LogP contribution in [0.2, 0.25) is 0 Å². The molecule has 1 heterocycles. The van der Waals surface area contributed by atoms with Crippen LogP contribution in [0.3, 0.4) is 0 Å². The zero-order chi connectivity index (χ0) is 15.2. The van der Waals surface area contributed by atoms with E-state index in [2.05, 4.69) is 20.8 Å². The molecule has 0 saturated heterocycles. The Morgan fingerprint density at radius 1 is 1.48 bits per heavy atom. The van der Waals surface area contributed by atoms with Crippen LogP contribution in [-0.4, -0.2) is 32.7 Å². The van der Waals surface area contributed by atoms with Gasteiger partial charge in [0, 0.05) is 24.8 Å². The summed E-state index contributed by atoms with van der Waals surface area (Å²) in [6, 6.07) is 7.44. The Bertz CT molecular complexity index is 609. The fraction of sp³-hybridized carbons (Fsp3) is 0.429. The van der Waals surface area contributed by atoms with Gasteiger partial charge in [-0.15, -0.1) is 5.10 Å². The van der Waals surface area contributed by atoms with Crippen LogP contribution in [0.4, 0.5) is 5.69 Å². The molecule has 0 bridgehead atoms. The van der Waals surface area contributed by atoms with E-state index in [1.54, 1.807) is 11.7 Å². The molecule has 2 rings (SSSR count). The molecule has 0 aliphatic carbocycles. The van der Waals surface area contributed by atoms with Crippen LogP contribution in [0.1, 0.15) is 19.8 Å². The lowest BCUT2D eigenvalue weighted by molar-refractivity contribution is -0.119. The van der Waals surface area contributed by atoms with Gasteiger partial charge in [-0.3, -0.25) is 4.79 Å². The third-order valence-corrected chi connectivity index (χ3v) is 3.30. The number of nitrogens with zero attached hydrogens (tertiary/aromatic N) is 4. The third kappa shape index (κ3) is 3.63. The summed E-state index contributed by atoms with van der Waals surface area (Å²) in [6.45, 7) is 2.39. The van der Waals surface area contributed by atoms with Gasteiger partial charge < -0.3 is 11.1 Å². The maximum Gasteiger partial charge on any atom is 0.228 e. The Hall–Kier alpha value is -2.28.